The van der Waals surface area contributed by atoms with Gasteiger partial charge in [0.1, 0.15) is 5.75 Å². The standard InChI is InChI=1S/C19H20O3/c1-12-5-6-15(9-13(12)2)17(11-19(20)21)16-7-8-18(22-4)14(3)10-16/h5-11H,1-4H3,(H,20,21)/b17-11+. The molecule has 0 saturated carbocycles. The lowest BCUT2D eigenvalue weighted by Crippen LogP contribution is -1.97. The normalized spacial score (nSPS) is 11.4. The molecule has 0 atom stereocenters. The zero-order valence-electron chi connectivity index (χ0n) is 13.3. The Morgan fingerprint density at radius 1 is 0.955 bits per heavy atom. The molecule has 0 aromatic heterocycles. The summed E-state index contributed by atoms with van der Waals surface area (Å²) in [5, 5.41) is 9.20. The van der Waals surface area contributed by atoms with Crippen LogP contribution in [0.4, 0.5) is 0 Å². The van der Waals surface area contributed by atoms with Crippen molar-refractivity contribution in [3.8, 4) is 5.75 Å². The van der Waals surface area contributed by atoms with E-state index in [4.69, 9.17) is 4.74 Å². The summed E-state index contributed by atoms with van der Waals surface area (Å²) in [6.45, 7) is 6.01. The highest BCUT2D eigenvalue weighted by atomic mass is 16.5. The van der Waals surface area contributed by atoms with Gasteiger partial charge in [-0.05, 0) is 66.3 Å². The number of hydrogen-bond acceptors (Lipinski definition) is 2. The molecule has 1 N–H and O–H groups in total. The molecule has 2 rings (SSSR count). The van der Waals surface area contributed by atoms with Crippen molar-refractivity contribution in [3.63, 3.8) is 0 Å². The fourth-order valence-electron chi connectivity index (χ4n) is 2.41. The van der Waals surface area contributed by atoms with Crippen molar-refractivity contribution < 1.29 is 14.6 Å². The van der Waals surface area contributed by atoms with Crippen LogP contribution in [-0.4, -0.2) is 18.2 Å². The molecule has 0 aliphatic carbocycles. The number of rotatable bonds is 4. The highest BCUT2D eigenvalue weighted by molar-refractivity contribution is 5.95. The number of carboxylic acids is 1. The van der Waals surface area contributed by atoms with Gasteiger partial charge in [0.2, 0.25) is 0 Å². The molecule has 2 aromatic carbocycles. The Labute approximate surface area is 130 Å². The van der Waals surface area contributed by atoms with Crippen molar-refractivity contribution in [2.24, 2.45) is 0 Å². The van der Waals surface area contributed by atoms with E-state index in [1.165, 1.54) is 11.6 Å². The van der Waals surface area contributed by atoms with E-state index in [2.05, 4.69) is 0 Å². The molecule has 2 aromatic rings. The molecular weight excluding hydrogens is 276 g/mol. The Morgan fingerprint density at radius 3 is 2.05 bits per heavy atom. The predicted molar refractivity (Wildman–Crippen MR) is 88.4 cm³/mol. The molecule has 0 radical (unpaired) electrons. The van der Waals surface area contributed by atoms with Gasteiger partial charge in [-0.25, -0.2) is 4.79 Å². The van der Waals surface area contributed by atoms with Crippen LogP contribution in [-0.2, 0) is 4.79 Å². The first kappa shape index (κ1) is 15.8. The number of aliphatic carboxylic acids is 1. The molecule has 22 heavy (non-hydrogen) atoms. The Hall–Kier alpha value is -2.55. The second-order valence-corrected chi connectivity index (χ2v) is 5.38. The summed E-state index contributed by atoms with van der Waals surface area (Å²) in [7, 11) is 1.62. The zero-order chi connectivity index (χ0) is 16.3. The SMILES string of the molecule is COc1ccc(/C(=C/C(=O)O)c2ccc(C)c(C)c2)cc1C. The summed E-state index contributed by atoms with van der Waals surface area (Å²) < 4.78 is 5.27. The zero-order valence-corrected chi connectivity index (χ0v) is 13.3. The lowest BCUT2D eigenvalue weighted by atomic mass is 9.93. The van der Waals surface area contributed by atoms with Gasteiger partial charge in [-0.3, -0.25) is 0 Å². The Morgan fingerprint density at radius 2 is 1.55 bits per heavy atom. The summed E-state index contributed by atoms with van der Waals surface area (Å²) in [6.07, 6.45) is 1.26. The first-order valence-electron chi connectivity index (χ1n) is 7.09. The molecule has 3 heteroatoms. The van der Waals surface area contributed by atoms with Crippen LogP contribution in [0.5, 0.6) is 5.75 Å². The van der Waals surface area contributed by atoms with E-state index >= 15 is 0 Å². The lowest BCUT2D eigenvalue weighted by Gasteiger charge is -2.12. The van der Waals surface area contributed by atoms with Gasteiger partial charge in [0.15, 0.2) is 0 Å². The minimum atomic E-state index is -0.957. The Bertz CT molecular complexity index is 742. The molecule has 3 nitrogen and oxygen atoms in total. The maximum absolute atomic E-state index is 11.2. The molecule has 0 heterocycles. The number of aryl methyl sites for hydroxylation is 3. The number of carbonyl (C=O) groups is 1. The van der Waals surface area contributed by atoms with Crippen LogP contribution in [0.15, 0.2) is 42.5 Å². The predicted octanol–water partition coefficient (Wildman–Crippen LogP) is 4.14. The van der Waals surface area contributed by atoms with Gasteiger partial charge in [0.05, 0.1) is 7.11 Å². The Kier molecular flexibility index (Phi) is 4.66. The van der Waals surface area contributed by atoms with Crippen molar-refractivity contribution >= 4 is 11.5 Å². The summed E-state index contributed by atoms with van der Waals surface area (Å²) in [6, 6.07) is 11.7. The largest absolute Gasteiger partial charge is 0.496 e. The second-order valence-electron chi connectivity index (χ2n) is 5.38. The molecule has 0 saturated heterocycles. The fraction of sp³-hybridized carbons (Fsp3) is 0.211. The second kappa shape index (κ2) is 6.48. The van der Waals surface area contributed by atoms with Crippen molar-refractivity contribution in [2.75, 3.05) is 7.11 Å². The number of carboxylic acid groups (broad SMARTS) is 1. The van der Waals surface area contributed by atoms with E-state index in [1.807, 2.05) is 57.2 Å². The smallest absolute Gasteiger partial charge is 0.328 e. The third kappa shape index (κ3) is 3.37. The maximum atomic E-state index is 11.2. The average Bonchev–Trinajstić information content (AvgIpc) is 2.47. The number of ether oxygens (including phenoxy) is 1. The molecule has 0 amide bonds. The van der Waals surface area contributed by atoms with Crippen LogP contribution < -0.4 is 4.74 Å². The van der Waals surface area contributed by atoms with E-state index in [1.54, 1.807) is 7.11 Å². The minimum Gasteiger partial charge on any atom is -0.496 e. The summed E-state index contributed by atoms with van der Waals surface area (Å²) in [5.41, 5.74) is 5.75. The minimum absolute atomic E-state index is 0.696. The van der Waals surface area contributed by atoms with Crippen LogP contribution in [0.3, 0.4) is 0 Å². The van der Waals surface area contributed by atoms with Gasteiger partial charge in [-0.2, -0.15) is 0 Å². The van der Waals surface area contributed by atoms with Gasteiger partial charge in [0.25, 0.3) is 0 Å². The molecule has 0 spiro atoms. The summed E-state index contributed by atoms with van der Waals surface area (Å²) >= 11 is 0. The first-order valence-corrected chi connectivity index (χ1v) is 7.09. The summed E-state index contributed by atoms with van der Waals surface area (Å²) in [5.74, 6) is -0.166. The number of hydrogen-bond donors (Lipinski definition) is 1. The van der Waals surface area contributed by atoms with E-state index in [9.17, 15) is 9.90 Å². The van der Waals surface area contributed by atoms with E-state index in [0.29, 0.717) is 5.57 Å². The fourth-order valence-corrected chi connectivity index (χ4v) is 2.41. The maximum Gasteiger partial charge on any atom is 0.328 e. The van der Waals surface area contributed by atoms with Crippen molar-refractivity contribution in [2.45, 2.75) is 20.8 Å². The van der Waals surface area contributed by atoms with E-state index in [0.717, 1.165) is 28.0 Å². The van der Waals surface area contributed by atoms with Gasteiger partial charge < -0.3 is 9.84 Å². The van der Waals surface area contributed by atoms with E-state index in [-0.39, 0.29) is 0 Å². The van der Waals surface area contributed by atoms with Gasteiger partial charge >= 0.3 is 5.97 Å². The van der Waals surface area contributed by atoms with Crippen molar-refractivity contribution in [1.82, 2.24) is 0 Å². The van der Waals surface area contributed by atoms with Crippen molar-refractivity contribution in [3.05, 3.63) is 70.3 Å². The highest BCUT2D eigenvalue weighted by Gasteiger charge is 2.10. The average molecular weight is 296 g/mol. The molecule has 114 valence electrons. The topological polar surface area (TPSA) is 46.5 Å². The van der Waals surface area contributed by atoms with Crippen LogP contribution in [0.25, 0.3) is 5.57 Å². The molecule has 0 aliphatic heterocycles. The van der Waals surface area contributed by atoms with Crippen molar-refractivity contribution in [1.29, 1.82) is 0 Å². The van der Waals surface area contributed by atoms with Crippen LogP contribution in [0.2, 0.25) is 0 Å². The number of benzene rings is 2. The molecule has 0 unspecified atom stereocenters. The van der Waals surface area contributed by atoms with Gasteiger partial charge in [0, 0.05) is 6.08 Å². The lowest BCUT2D eigenvalue weighted by molar-refractivity contribution is -0.131. The third-order valence-corrected chi connectivity index (χ3v) is 3.79. The highest BCUT2D eigenvalue weighted by Crippen LogP contribution is 2.28. The number of methoxy groups -OCH3 is 1. The summed E-state index contributed by atoms with van der Waals surface area (Å²) in [4.78, 5) is 11.2. The van der Waals surface area contributed by atoms with Gasteiger partial charge in [-0.1, -0.05) is 24.3 Å². The monoisotopic (exact) mass is 296 g/mol. The van der Waals surface area contributed by atoms with Crippen LogP contribution in [0, 0.1) is 20.8 Å². The first-order chi connectivity index (χ1) is 10.4. The molecule has 0 bridgehead atoms. The quantitative estimate of drug-likeness (QED) is 0.863. The van der Waals surface area contributed by atoms with Gasteiger partial charge in [-0.15, -0.1) is 0 Å². The Balaban J connectivity index is 2.58. The molecular formula is C19H20O3. The molecule has 0 fully saturated rings. The van der Waals surface area contributed by atoms with Crippen LogP contribution in [0.1, 0.15) is 27.8 Å². The molecule has 0 aliphatic rings. The van der Waals surface area contributed by atoms with Crippen LogP contribution >= 0.6 is 0 Å². The third-order valence-electron chi connectivity index (χ3n) is 3.79. The van der Waals surface area contributed by atoms with E-state index < -0.39 is 5.97 Å².